The normalized spacial score (nSPS) is 15.9. The van der Waals surface area contributed by atoms with Crippen LogP contribution in [0.25, 0.3) is 0 Å². The lowest BCUT2D eigenvalue weighted by Crippen LogP contribution is -2.39. The summed E-state index contributed by atoms with van der Waals surface area (Å²) < 4.78 is 12.9. The Balaban J connectivity index is 2.02. The Labute approximate surface area is 107 Å². The van der Waals surface area contributed by atoms with E-state index in [1.807, 2.05) is 6.92 Å². The van der Waals surface area contributed by atoms with Gasteiger partial charge >= 0.3 is 0 Å². The molecule has 1 aliphatic rings. The predicted molar refractivity (Wildman–Crippen MR) is 70.1 cm³/mol. The van der Waals surface area contributed by atoms with E-state index in [9.17, 15) is 9.18 Å². The number of halogens is 1. The van der Waals surface area contributed by atoms with Crippen LogP contribution in [0.3, 0.4) is 0 Å². The van der Waals surface area contributed by atoms with E-state index in [-0.39, 0.29) is 11.7 Å². The van der Waals surface area contributed by atoms with Crippen LogP contribution in [0.4, 0.5) is 10.1 Å². The second kappa shape index (κ2) is 5.96. The third-order valence-corrected chi connectivity index (χ3v) is 3.31. The Morgan fingerprint density at radius 1 is 1.28 bits per heavy atom. The lowest BCUT2D eigenvalue weighted by Gasteiger charge is -2.24. The summed E-state index contributed by atoms with van der Waals surface area (Å²) in [5.74, 6) is -0.187. The Hall–Kier alpha value is -1.42. The summed E-state index contributed by atoms with van der Waals surface area (Å²) in [7, 11) is 0. The average Bonchev–Trinajstić information content (AvgIpc) is 2.85. The number of likely N-dealkylation sites (tertiary alicyclic amines) is 1. The Morgan fingerprint density at radius 3 is 2.44 bits per heavy atom. The molecule has 0 atom stereocenters. The van der Waals surface area contributed by atoms with Crippen molar-refractivity contribution in [1.29, 1.82) is 0 Å². The number of benzene rings is 1. The molecule has 1 amide bonds. The van der Waals surface area contributed by atoms with Crippen LogP contribution in [0.15, 0.2) is 24.3 Å². The second-order valence-corrected chi connectivity index (χ2v) is 4.60. The standard InChI is InChI=1S/C14H19FN2O/c1-2-17(13-7-5-12(15)6-8-13)14(18)11-16-9-3-4-10-16/h5-8H,2-4,9-11H2,1H3. The van der Waals surface area contributed by atoms with Gasteiger partial charge in [0.1, 0.15) is 5.82 Å². The fourth-order valence-electron chi connectivity index (χ4n) is 2.34. The maximum Gasteiger partial charge on any atom is 0.241 e. The zero-order valence-electron chi connectivity index (χ0n) is 10.7. The third kappa shape index (κ3) is 3.07. The molecule has 0 aliphatic carbocycles. The average molecular weight is 250 g/mol. The van der Waals surface area contributed by atoms with E-state index in [4.69, 9.17) is 0 Å². The van der Waals surface area contributed by atoms with Crippen LogP contribution >= 0.6 is 0 Å². The number of amides is 1. The van der Waals surface area contributed by atoms with Crippen LogP contribution < -0.4 is 4.90 Å². The van der Waals surface area contributed by atoms with Crippen LogP contribution in [-0.4, -0.2) is 37.0 Å². The highest BCUT2D eigenvalue weighted by Crippen LogP contribution is 2.16. The first-order valence-corrected chi connectivity index (χ1v) is 6.49. The molecule has 0 saturated carbocycles. The summed E-state index contributed by atoms with van der Waals surface area (Å²) in [5, 5.41) is 0. The van der Waals surface area contributed by atoms with E-state index in [2.05, 4.69) is 4.90 Å². The van der Waals surface area contributed by atoms with Gasteiger partial charge in [-0.05, 0) is 57.1 Å². The molecular formula is C14H19FN2O. The van der Waals surface area contributed by atoms with Crippen molar-refractivity contribution >= 4 is 11.6 Å². The number of anilines is 1. The van der Waals surface area contributed by atoms with Crippen molar-refractivity contribution < 1.29 is 9.18 Å². The van der Waals surface area contributed by atoms with Gasteiger partial charge in [0.2, 0.25) is 5.91 Å². The summed E-state index contributed by atoms with van der Waals surface area (Å²) in [6, 6.07) is 6.09. The molecule has 98 valence electrons. The number of nitrogens with zero attached hydrogens (tertiary/aromatic N) is 2. The highest BCUT2D eigenvalue weighted by Gasteiger charge is 2.19. The fourth-order valence-corrected chi connectivity index (χ4v) is 2.34. The molecule has 0 aromatic heterocycles. The Kier molecular flexibility index (Phi) is 4.31. The molecule has 2 rings (SSSR count). The van der Waals surface area contributed by atoms with E-state index >= 15 is 0 Å². The van der Waals surface area contributed by atoms with Crippen molar-refractivity contribution in [3.05, 3.63) is 30.1 Å². The highest BCUT2D eigenvalue weighted by atomic mass is 19.1. The van der Waals surface area contributed by atoms with Crippen molar-refractivity contribution in [2.75, 3.05) is 31.1 Å². The SMILES string of the molecule is CCN(C(=O)CN1CCCC1)c1ccc(F)cc1. The predicted octanol–water partition coefficient (Wildman–Crippen LogP) is 2.27. The molecule has 1 fully saturated rings. The van der Waals surface area contributed by atoms with Gasteiger partial charge in [-0.2, -0.15) is 0 Å². The van der Waals surface area contributed by atoms with Gasteiger partial charge in [0, 0.05) is 12.2 Å². The molecule has 0 bridgehead atoms. The van der Waals surface area contributed by atoms with Crippen molar-refractivity contribution in [3.8, 4) is 0 Å². The van der Waals surface area contributed by atoms with Crippen molar-refractivity contribution in [2.24, 2.45) is 0 Å². The van der Waals surface area contributed by atoms with E-state index in [1.54, 1.807) is 17.0 Å². The molecule has 0 spiro atoms. The lowest BCUT2D eigenvalue weighted by atomic mass is 10.2. The van der Waals surface area contributed by atoms with Crippen LogP contribution in [0.5, 0.6) is 0 Å². The van der Waals surface area contributed by atoms with Crippen LogP contribution in [-0.2, 0) is 4.79 Å². The van der Waals surface area contributed by atoms with Gasteiger partial charge in [-0.15, -0.1) is 0 Å². The minimum absolute atomic E-state index is 0.0889. The first-order chi connectivity index (χ1) is 8.70. The third-order valence-electron chi connectivity index (χ3n) is 3.31. The summed E-state index contributed by atoms with van der Waals surface area (Å²) in [5.41, 5.74) is 0.767. The van der Waals surface area contributed by atoms with Crippen LogP contribution in [0.1, 0.15) is 19.8 Å². The molecular weight excluding hydrogens is 231 g/mol. The lowest BCUT2D eigenvalue weighted by molar-refractivity contribution is -0.119. The number of hydrogen-bond acceptors (Lipinski definition) is 2. The summed E-state index contributed by atoms with van der Waals surface area (Å²) >= 11 is 0. The molecule has 0 unspecified atom stereocenters. The largest absolute Gasteiger partial charge is 0.312 e. The second-order valence-electron chi connectivity index (χ2n) is 4.60. The summed E-state index contributed by atoms with van der Waals surface area (Å²) in [6.07, 6.45) is 2.35. The zero-order chi connectivity index (χ0) is 13.0. The van der Waals surface area contributed by atoms with Gasteiger partial charge in [0.25, 0.3) is 0 Å². The molecule has 1 saturated heterocycles. The molecule has 18 heavy (non-hydrogen) atoms. The Bertz CT molecular complexity index is 399. The monoisotopic (exact) mass is 250 g/mol. The first-order valence-electron chi connectivity index (χ1n) is 6.49. The van der Waals surface area contributed by atoms with Crippen LogP contribution in [0, 0.1) is 5.82 Å². The minimum Gasteiger partial charge on any atom is -0.312 e. The summed E-state index contributed by atoms with van der Waals surface area (Å²) in [6.45, 7) is 5.02. The molecule has 1 heterocycles. The summed E-state index contributed by atoms with van der Waals surface area (Å²) in [4.78, 5) is 16.1. The first kappa shape index (κ1) is 13.0. The fraction of sp³-hybridized carbons (Fsp3) is 0.500. The van der Waals surface area contributed by atoms with E-state index < -0.39 is 0 Å². The molecule has 3 nitrogen and oxygen atoms in total. The smallest absolute Gasteiger partial charge is 0.241 e. The number of rotatable bonds is 4. The van der Waals surface area contributed by atoms with Gasteiger partial charge in [0.05, 0.1) is 6.54 Å². The van der Waals surface area contributed by atoms with Crippen molar-refractivity contribution in [2.45, 2.75) is 19.8 Å². The van der Waals surface area contributed by atoms with Gasteiger partial charge in [0.15, 0.2) is 0 Å². The maximum atomic E-state index is 12.9. The molecule has 1 aromatic rings. The van der Waals surface area contributed by atoms with E-state index in [0.717, 1.165) is 18.8 Å². The van der Waals surface area contributed by atoms with Gasteiger partial charge in [-0.25, -0.2) is 4.39 Å². The zero-order valence-corrected chi connectivity index (χ0v) is 10.7. The quantitative estimate of drug-likeness (QED) is 0.818. The topological polar surface area (TPSA) is 23.6 Å². The van der Waals surface area contributed by atoms with Gasteiger partial charge < -0.3 is 4.90 Å². The molecule has 1 aromatic carbocycles. The van der Waals surface area contributed by atoms with E-state index in [0.29, 0.717) is 13.1 Å². The molecule has 4 heteroatoms. The Morgan fingerprint density at radius 2 is 1.89 bits per heavy atom. The minimum atomic E-state index is -0.276. The van der Waals surface area contributed by atoms with Crippen LogP contribution in [0.2, 0.25) is 0 Å². The van der Waals surface area contributed by atoms with Gasteiger partial charge in [-0.1, -0.05) is 0 Å². The van der Waals surface area contributed by atoms with Gasteiger partial charge in [-0.3, -0.25) is 9.69 Å². The number of hydrogen-bond donors (Lipinski definition) is 0. The molecule has 1 aliphatic heterocycles. The number of carbonyl (C=O) groups is 1. The van der Waals surface area contributed by atoms with E-state index in [1.165, 1.54) is 25.0 Å². The highest BCUT2D eigenvalue weighted by molar-refractivity contribution is 5.94. The maximum absolute atomic E-state index is 12.9. The number of carbonyl (C=O) groups excluding carboxylic acids is 1. The molecule has 0 N–H and O–H groups in total. The molecule has 0 radical (unpaired) electrons. The van der Waals surface area contributed by atoms with Crippen molar-refractivity contribution in [3.63, 3.8) is 0 Å². The van der Waals surface area contributed by atoms with Crippen molar-refractivity contribution in [1.82, 2.24) is 4.90 Å². The number of likely N-dealkylation sites (N-methyl/N-ethyl adjacent to an activating group) is 1.